The zero-order valence-corrected chi connectivity index (χ0v) is 13.3. The average Bonchev–Trinajstić information content (AvgIpc) is 2.46. The lowest BCUT2D eigenvalue weighted by Gasteiger charge is -2.62. The van der Waals surface area contributed by atoms with Gasteiger partial charge < -0.3 is 5.11 Å². The van der Waals surface area contributed by atoms with Crippen LogP contribution in [0.25, 0.3) is 0 Å². The molecule has 0 heterocycles. The molecule has 0 aromatic heterocycles. The third kappa shape index (κ3) is 2.00. The first kappa shape index (κ1) is 14.1. The summed E-state index contributed by atoms with van der Waals surface area (Å²) in [4.78, 5) is 11.8. The first-order valence-corrected chi connectivity index (χ1v) is 9.29. The van der Waals surface area contributed by atoms with Crippen LogP contribution in [0.2, 0.25) is 0 Å². The summed E-state index contributed by atoms with van der Waals surface area (Å²) in [5, 5.41) is 11.1. The summed E-state index contributed by atoms with van der Waals surface area (Å²) in [6.07, 6.45) is 2.22. The van der Waals surface area contributed by atoms with E-state index in [1.807, 2.05) is 6.07 Å². The normalized spacial score (nSPS) is 36.0. The number of aliphatic carboxylic acids is 1. The number of fused-ring (bicyclic) bond motifs is 2. The number of carboxylic acids is 1. The Kier molecular flexibility index (Phi) is 3.41. The Bertz CT molecular complexity index is 511. The van der Waals surface area contributed by atoms with Crippen LogP contribution in [0.15, 0.2) is 30.3 Å². The molecule has 5 atom stereocenters. The van der Waals surface area contributed by atoms with E-state index < -0.39 is 5.97 Å². The van der Waals surface area contributed by atoms with Gasteiger partial charge in [0.15, 0.2) is 0 Å². The van der Waals surface area contributed by atoms with Crippen molar-refractivity contribution < 1.29 is 9.90 Å². The van der Waals surface area contributed by atoms with Gasteiger partial charge in [-0.3, -0.25) is 4.79 Å². The molecule has 3 heteroatoms. The molecule has 0 amide bonds. The minimum atomic E-state index is -0.573. The van der Waals surface area contributed by atoms with Gasteiger partial charge in [0.25, 0.3) is 0 Å². The standard InChI is InChI=1S/C17H23O2P/c1-17(2)11-9-13(17)15(16(18)19)14(10-11)20(3)12-7-5-4-6-8-12/h4-8,11,13-15H,9-10H2,1-3H3,(H,18,19)/t11?,13-,14-,15-,20?/m0/s1. The van der Waals surface area contributed by atoms with Gasteiger partial charge in [-0.1, -0.05) is 52.1 Å². The van der Waals surface area contributed by atoms with Crippen LogP contribution in [-0.2, 0) is 4.79 Å². The summed E-state index contributed by atoms with van der Waals surface area (Å²) >= 11 is 0. The minimum absolute atomic E-state index is 0.147. The van der Waals surface area contributed by atoms with Crippen molar-refractivity contribution in [3.05, 3.63) is 30.3 Å². The van der Waals surface area contributed by atoms with Gasteiger partial charge in [0.1, 0.15) is 0 Å². The molecule has 3 saturated carbocycles. The van der Waals surface area contributed by atoms with E-state index in [2.05, 4.69) is 44.8 Å². The van der Waals surface area contributed by atoms with E-state index >= 15 is 0 Å². The Labute approximate surface area is 122 Å². The number of hydrogen-bond donors (Lipinski definition) is 1. The van der Waals surface area contributed by atoms with E-state index in [1.165, 1.54) is 5.30 Å². The molecule has 108 valence electrons. The summed E-state index contributed by atoms with van der Waals surface area (Å²) in [6, 6.07) is 10.5. The highest BCUT2D eigenvalue weighted by Gasteiger charge is 2.60. The van der Waals surface area contributed by atoms with Crippen molar-refractivity contribution in [3.8, 4) is 0 Å². The average molecular weight is 290 g/mol. The molecule has 3 aliphatic carbocycles. The van der Waals surface area contributed by atoms with Crippen molar-refractivity contribution in [1.82, 2.24) is 0 Å². The van der Waals surface area contributed by atoms with E-state index in [0.29, 0.717) is 11.6 Å². The quantitative estimate of drug-likeness (QED) is 0.864. The highest BCUT2D eigenvalue weighted by Crippen LogP contribution is 2.66. The van der Waals surface area contributed by atoms with Gasteiger partial charge in [-0.25, -0.2) is 0 Å². The molecule has 0 saturated heterocycles. The first-order chi connectivity index (χ1) is 9.43. The van der Waals surface area contributed by atoms with E-state index in [0.717, 1.165) is 18.8 Å². The second-order valence-corrected chi connectivity index (χ2v) is 9.38. The van der Waals surface area contributed by atoms with Gasteiger partial charge in [0, 0.05) is 0 Å². The summed E-state index contributed by atoms with van der Waals surface area (Å²) in [5.74, 6) is 0.377. The Morgan fingerprint density at radius 2 is 1.90 bits per heavy atom. The maximum Gasteiger partial charge on any atom is 0.307 e. The molecule has 1 aromatic carbocycles. The van der Waals surface area contributed by atoms with Crippen molar-refractivity contribution in [2.75, 3.05) is 6.66 Å². The Balaban J connectivity index is 1.88. The van der Waals surface area contributed by atoms with Gasteiger partial charge in [0.2, 0.25) is 0 Å². The van der Waals surface area contributed by atoms with Crippen LogP contribution < -0.4 is 5.30 Å². The molecule has 20 heavy (non-hydrogen) atoms. The first-order valence-electron chi connectivity index (χ1n) is 7.43. The van der Waals surface area contributed by atoms with Crippen molar-refractivity contribution in [3.63, 3.8) is 0 Å². The smallest absolute Gasteiger partial charge is 0.307 e. The minimum Gasteiger partial charge on any atom is -0.481 e. The lowest BCUT2D eigenvalue weighted by molar-refractivity contribution is -0.163. The van der Waals surface area contributed by atoms with Gasteiger partial charge >= 0.3 is 5.97 Å². The summed E-state index contributed by atoms with van der Waals surface area (Å²) in [6.45, 7) is 6.79. The van der Waals surface area contributed by atoms with Crippen molar-refractivity contribution in [1.29, 1.82) is 0 Å². The molecule has 2 unspecified atom stereocenters. The molecule has 2 nitrogen and oxygen atoms in total. The number of carbonyl (C=O) groups is 1. The fourth-order valence-corrected chi connectivity index (χ4v) is 6.78. The highest BCUT2D eigenvalue weighted by atomic mass is 31.1. The van der Waals surface area contributed by atoms with Crippen molar-refractivity contribution in [2.24, 2.45) is 23.2 Å². The molecule has 4 rings (SSSR count). The second-order valence-electron chi connectivity index (χ2n) is 6.97. The predicted octanol–water partition coefficient (Wildman–Crippen LogP) is 3.56. The number of benzene rings is 1. The van der Waals surface area contributed by atoms with Crippen LogP contribution in [0, 0.1) is 23.2 Å². The Morgan fingerprint density at radius 3 is 2.45 bits per heavy atom. The fourth-order valence-electron chi connectivity index (χ4n) is 4.36. The van der Waals surface area contributed by atoms with Crippen LogP contribution in [0.4, 0.5) is 0 Å². The monoisotopic (exact) mass is 290 g/mol. The summed E-state index contributed by atoms with van der Waals surface area (Å²) < 4.78 is 0. The van der Waals surface area contributed by atoms with E-state index in [4.69, 9.17) is 0 Å². The van der Waals surface area contributed by atoms with Gasteiger partial charge in [-0.2, -0.15) is 0 Å². The lowest BCUT2D eigenvalue weighted by atomic mass is 9.45. The third-order valence-electron chi connectivity index (χ3n) is 5.87. The Hall–Kier alpha value is -0.880. The van der Waals surface area contributed by atoms with Crippen LogP contribution in [0.5, 0.6) is 0 Å². The fraction of sp³-hybridized carbons (Fsp3) is 0.588. The predicted molar refractivity (Wildman–Crippen MR) is 83.8 cm³/mol. The van der Waals surface area contributed by atoms with Crippen LogP contribution >= 0.6 is 7.92 Å². The molecule has 1 N–H and O–H groups in total. The molecule has 1 aromatic rings. The number of hydrogen-bond acceptors (Lipinski definition) is 1. The molecule has 3 fully saturated rings. The lowest BCUT2D eigenvalue weighted by Crippen LogP contribution is -2.59. The zero-order valence-electron chi connectivity index (χ0n) is 12.4. The van der Waals surface area contributed by atoms with E-state index in [-0.39, 0.29) is 19.3 Å². The third-order valence-corrected chi connectivity index (χ3v) is 8.51. The van der Waals surface area contributed by atoms with Crippen molar-refractivity contribution in [2.45, 2.75) is 32.3 Å². The molecular weight excluding hydrogens is 267 g/mol. The number of rotatable bonds is 3. The molecule has 3 aliphatic rings. The van der Waals surface area contributed by atoms with E-state index in [9.17, 15) is 9.90 Å². The molecule has 0 aliphatic heterocycles. The molecule has 0 radical (unpaired) electrons. The van der Waals surface area contributed by atoms with Gasteiger partial charge in [-0.15, -0.1) is 0 Å². The summed E-state index contributed by atoms with van der Waals surface area (Å²) in [5.41, 5.74) is 0.577. The number of carboxylic acid groups (broad SMARTS) is 1. The zero-order chi connectivity index (χ0) is 14.5. The van der Waals surface area contributed by atoms with Crippen molar-refractivity contribution >= 4 is 19.2 Å². The van der Waals surface area contributed by atoms with Crippen LogP contribution in [-0.4, -0.2) is 23.4 Å². The molecule has 2 bridgehead atoms. The van der Waals surface area contributed by atoms with Crippen LogP contribution in [0.1, 0.15) is 26.7 Å². The SMILES string of the molecule is CP(c1ccccc1)[C@H]1CC2C[C@@H]([C@@H]1C(=O)O)C2(C)C. The Morgan fingerprint density at radius 1 is 1.25 bits per heavy atom. The molecular formula is C17H23O2P. The van der Waals surface area contributed by atoms with Crippen LogP contribution in [0.3, 0.4) is 0 Å². The molecule has 0 spiro atoms. The van der Waals surface area contributed by atoms with E-state index in [1.54, 1.807) is 0 Å². The maximum absolute atomic E-state index is 11.8. The maximum atomic E-state index is 11.8. The topological polar surface area (TPSA) is 37.3 Å². The largest absolute Gasteiger partial charge is 0.481 e. The van der Waals surface area contributed by atoms with Gasteiger partial charge in [0.05, 0.1) is 5.92 Å². The summed E-state index contributed by atoms with van der Waals surface area (Å²) in [7, 11) is -0.384. The second kappa shape index (κ2) is 4.84. The van der Waals surface area contributed by atoms with Gasteiger partial charge in [-0.05, 0) is 47.7 Å². The highest BCUT2D eigenvalue weighted by molar-refractivity contribution is 7.65.